The van der Waals surface area contributed by atoms with Gasteiger partial charge in [0.15, 0.2) is 0 Å². The fourth-order valence-corrected chi connectivity index (χ4v) is 1.79. The minimum atomic E-state index is -4.51. The first-order valence-electron chi connectivity index (χ1n) is 6.12. The van der Waals surface area contributed by atoms with Crippen molar-refractivity contribution >= 4 is 11.5 Å². The number of nitrogens with one attached hydrogen (secondary N) is 1. The molecule has 0 bridgehead atoms. The molecule has 2 rings (SSSR count). The average Bonchev–Trinajstić information content (AvgIpc) is 2.46. The lowest BCUT2D eigenvalue weighted by Crippen LogP contribution is -2.11. The molecule has 0 amide bonds. The number of pyridine rings is 1. The summed E-state index contributed by atoms with van der Waals surface area (Å²) in [5.74, 6) is -0.212. The molecule has 112 valence electrons. The monoisotopic (exact) mass is 297 g/mol. The van der Waals surface area contributed by atoms with Gasteiger partial charge in [0.1, 0.15) is 5.82 Å². The van der Waals surface area contributed by atoms with Gasteiger partial charge < -0.3 is 15.8 Å². The van der Waals surface area contributed by atoms with Gasteiger partial charge in [-0.3, -0.25) is 0 Å². The highest BCUT2D eigenvalue weighted by molar-refractivity contribution is 5.61. The number of alkyl halides is 3. The SMILES string of the molecule is COc1ccc(C(F)(F)F)c(Nc2cccc(CN)c2)n1. The smallest absolute Gasteiger partial charge is 0.419 e. The number of benzene rings is 1. The molecule has 0 saturated heterocycles. The van der Waals surface area contributed by atoms with Gasteiger partial charge in [-0.1, -0.05) is 12.1 Å². The number of aromatic nitrogens is 1. The molecule has 0 saturated carbocycles. The van der Waals surface area contributed by atoms with Crippen molar-refractivity contribution in [2.75, 3.05) is 12.4 Å². The van der Waals surface area contributed by atoms with Crippen molar-refractivity contribution in [3.05, 3.63) is 47.5 Å². The number of hydrogen-bond donors (Lipinski definition) is 2. The summed E-state index contributed by atoms with van der Waals surface area (Å²) in [5.41, 5.74) is 5.93. The van der Waals surface area contributed by atoms with Crippen molar-refractivity contribution in [3.8, 4) is 5.88 Å². The van der Waals surface area contributed by atoms with Crippen LogP contribution in [0.25, 0.3) is 0 Å². The Hall–Kier alpha value is -2.28. The molecule has 1 aromatic heterocycles. The normalized spacial score (nSPS) is 11.3. The summed E-state index contributed by atoms with van der Waals surface area (Å²) in [6.45, 7) is 0.299. The van der Waals surface area contributed by atoms with Gasteiger partial charge in [0.2, 0.25) is 5.88 Å². The molecule has 0 atom stereocenters. The molecule has 1 aromatic carbocycles. The van der Waals surface area contributed by atoms with E-state index in [0.717, 1.165) is 11.6 Å². The Labute approximate surface area is 119 Å². The molecule has 0 radical (unpaired) electrons. The number of rotatable bonds is 4. The van der Waals surface area contributed by atoms with Gasteiger partial charge in [0.25, 0.3) is 0 Å². The van der Waals surface area contributed by atoms with Crippen molar-refractivity contribution in [2.24, 2.45) is 5.73 Å². The van der Waals surface area contributed by atoms with Crippen molar-refractivity contribution < 1.29 is 17.9 Å². The van der Waals surface area contributed by atoms with Crippen LogP contribution < -0.4 is 15.8 Å². The molecule has 1 heterocycles. The standard InChI is InChI=1S/C14H14F3N3O/c1-21-12-6-5-11(14(15,16)17)13(20-12)19-10-4-2-3-9(7-10)8-18/h2-7H,8,18H2,1H3,(H,19,20). The third kappa shape index (κ3) is 3.63. The number of ether oxygens (including phenoxy) is 1. The molecule has 2 aromatic rings. The molecule has 0 aliphatic rings. The minimum Gasteiger partial charge on any atom is -0.481 e. The number of nitrogens with two attached hydrogens (primary N) is 1. The molecular formula is C14H14F3N3O. The molecule has 0 aliphatic heterocycles. The van der Waals surface area contributed by atoms with Crippen molar-refractivity contribution in [3.63, 3.8) is 0 Å². The highest BCUT2D eigenvalue weighted by Gasteiger charge is 2.34. The van der Waals surface area contributed by atoms with Gasteiger partial charge in [-0.05, 0) is 23.8 Å². The molecule has 3 N–H and O–H groups in total. The predicted molar refractivity (Wildman–Crippen MR) is 73.4 cm³/mol. The number of nitrogens with zero attached hydrogens (tertiary/aromatic N) is 1. The predicted octanol–water partition coefficient (Wildman–Crippen LogP) is 3.31. The zero-order valence-electron chi connectivity index (χ0n) is 11.2. The average molecular weight is 297 g/mol. The third-order valence-electron chi connectivity index (χ3n) is 2.81. The fourth-order valence-electron chi connectivity index (χ4n) is 1.79. The second kappa shape index (κ2) is 6.01. The molecule has 4 nitrogen and oxygen atoms in total. The Balaban J connectivity index is 2.41. The van der Waals surface area contributed by atoms with Crippen molar-refractivity contribution in [1.29, 1.82) is 0 Å². The maximum Gasteiger partial charge on any atom is 0.419 e. The van der Waals surface area contributed by atoms with Crippen molar-refractivity contribution in [1.82, 2.24) is 4.98 Å². The maximum absolute atomic E-state index is 13.0. The van der Waals surface area contributed by atoms with Crippen LogP contribution in [0.3, 0.4) is 0 Å². The first kappa shape index (κ1) is 15.1. The highest BCUT2D eigenvalue weighted by atomic mass is 19.4. The second-order valence-corrected chi connectivity index (χ2v) is 4.28. The number of hydrogen-bond acceptors (Lipinski definition) is 4. The third-order valence-corrected chi connectivity index (χ3v) is 2.81. The van der Waals surface area contributed by atoms with Crippen LogP contribution in [-0.4, -0.2) is 12.1 Å². The summed E-state index contributed by atoms with van der Waals surface area (Å²) < 4.78 is 43.8. The van der Waals surface area contributed by atoms with E-state index in [1.807, 2.05) is 0 Å². The topological polar surface area (TPSA) is 60.2 Å². The van der Waals surface area contributed by atoms with E-state index in [0.29, 0.717) is 12.2 Å². The van der Waals surface area contributed by atoms with Crippen molar-refractivity contribution in [2.45, 2.75) is 12.7 Å². The van der Waals surface area contributed by atoms with Gasteiger partial charge in [0, 0.05) is 18.3 Å². The number of halogens is 3. The quantitative estimate of drug-likeness (QED) is 0.909. The van der Waals surface area contributed by atoms with Gasteiger partial charge >= 0.3 is 6.18 Å². The number of methoxy groups -OCH3 is 1. The van der Waals surface area contributed by atoms with Gasteiger partial charge in [-0.2, -0.15) is 18.2 Å². The molecule has 7 heteroatoms. The van der Waals surface area contributed by atoms with E-state index in [9.17, 15) is 13.2 Å². The lowest BCUT2D eigenvalue weighted by atomic mass is 10.2. The highest BCUT2D eigenvalue weighted by Crippen LogP contribution is 2.36. The Morgan fingerprint density at radius 3 is 2.62 bits per heavy atom. The van der Waals surface area contributed by atoms with Crippen LogP contribution in [0.5, 0.6) is 5.88 Å². The van der Waals surface area contributed by atoms with Crippen LogP contribution in [0.15, 0.2) is 36.4 Å². The van der Waals surface area contributed by atoms with Crippen LogP contribution >= 0.6 is 0 Å². The van der Waals surface area contributed by atoms with Crippen LogP contribution in [-0.2, 0) is 12.7 Å². The lowest BCUT2D eigenvalue weighted by Gasteiger charge is -2.15. The van der Waals surface area contributed by atoms with E-state index >= 15 is 0 Å². The van der Waals surface area contributed by atoms with Crippen LogP contribution in [0.4, 0.5) is 24.7 Å². The van der Waals surface area contributed by atoms with Gasteiger partial charge in [0.05, 0.1) is 12.7 Å². The first-order chi connectivity index (χ1) is 9.94. The Bertz CT molecular complexity index is 629. The summed E-state index contributed by atoms with van der Waals surface area (Å²) in [4.78, 5) is 3.82. The number of anilines is 2. The van der Waals surface area contributed by atoms with Gasteiger partial charge in [-0.25, -0.2) is 0 Å². The molecular weight excluding hydrogens is 283 g/mol. The first-order valence-corrected chi connectivity index (χ1v) is 6.12. The largest absolute Gasteiger partial charge is 0.481 e. The second-order valence-electron chi connectivity index (χ2n) is 4.28. The van der Waals surface area contributed by atoms with Crippen LogP contribution in [0, 0.1) is 0 Å². The minimum absolute atomic E-state index is 0.0977. The Morgan fingerprint density at radius 1 is 1.24 bits per heavy atom. The summed E-state index contributed by atoms with van der Waals surface area (Å²) in [6, 6.07) is 8.90. The lowest BCUT2D eigenvalue weighted by molar-refractivity contribution is -0.137. The fraction of sp³-hybridized carbons (Fsp3) is 0.214. The van der Waals surface area contributed by atoms with Gasteiger partial charge in [-0.15, -0.1) is 0 Å². The molecule has 0 unspecified atom stereocenters. The zero-order valence-corrected chi connectivity index (χ0v) is 11.2. The summed E-state index contributed by atoms with van der Waals surface area (Å²) in [7, 11) is 1.34. The van der Waals surface area contributed by atoms with E-state index in [2.05, 4.69) is 10.3 Å². The maximum atomic E-state index is 13.0. The van der Waals surface area contributed by atoms with E-state index in [-0.39, 0.29) is 11.7 Å². The van der Waals surface area contributed by atoms with E-state index in [4.69, 9.17) is 10.5 Å². The Morgan fingerprint density at radius 2 is 2.00 bits per heavy atom. The summed E-state index contributed by atoms with van der Waals surface area (Å²) in [5, 5.41) is 2.66. The zero-order chi connectivity index (χ0) is 15.5. The van der Waals surface area contributed by atoms with E-state index < -0.39 is 11.7 Å². The Kier molecular flexibility index (Phi) is 4.32. The summed E-state index contributed by atoms with van der Waals surface area (Å²) >= 11 is 0. The molecule has 21 heavy (non-hydrogen) atoms. The molecule has 0 spiro atoms. The van der Waals surface area contributed by atoms with E-state index in [1.165, 1.54) is 13.2 Å². The summed E-state index contributed by atoms with van der Waals surface area (Å²) in [6.07, 6.45) is -4.51. The van der Waals surface area contributed by atoms with Crippen LogP contribution in [0.2, 0.25) is 0 Å². The van der Waals surface area contributed by atoms with Crippen LogP contribution in [0.1, 0.15) is 11.1 Å². The van der Waals surface area contributed by atoms with E-state index in [1.54, 1.807) is 24.3 Å². The molecule has 0 fully saturated rings. The molecule has 0 aliphatic carbocycles.